The normalized spacial score (nSPS) is 15.6. The highest BCUT2D eigenvalue weighted by molar-refractivity contribution is 6.09. The van der Waals surface area contributed by atoms with Crippen LogP contribution in [0.25, 0.3) is 0 Å². The Morgan fingerprint density at radius 1 is 1.12 bits per heavy atom. The Hall–Kier alpha value is -1.83. The summed E-state index contributed by atoms with van der Waals surface area (Å²) in [7, 11) is 0. The van der Waals surface area contributed by atoms with Gasteiger partial charge < -0.3 is 4.57 Å². The summed E-state index contributed by atoms with van der Waals surface area (Å²) in [5.41, 5.74) is 2.81. The third-order valence-electron chi connectivity index (χ3n) is 2.92. The molecule has 0 saturated carbocycles. The zero-order valence-electron chi connectivity index (χ0n) is 10.3. The summed E-state index contributed by atoms with van der Waals surface area (Å²) in [5.74, 6) is 0.160. The van der Waals surface area contributed by atoms with Crippen molar-refractivity contribution in [1.29, 1.82) is 0 Å². The molecule has 1 aromatic rings. The molecule has 1 aliphatic rings. The summed E-state index contributed by atoms with van der Waals surface area (Å²) in [6.07, 6.45) is 11.2. The number of aryl methyl sites for hydroxylation is 1. The monoisotopic (exact) mass is 227 g/mol. The molecule has 17 heavy (non-hydrogen) atoms. The van der Waals surface area contributed by atoms with Crippen LogP contribution in [0.1, 0.15) is 20.3 Å². The average molecular weight is 227 g/mol. The van der Waals surface area contributed by atoms with E-state index in [2.05, 4.69) is 23.0 Å². The van der Waals surface area contributed by atoms with E-state index in [1.54, 1.807) is 0 Å². The topological polar surface area (TPSA) is 22.0 Å². The minimum absolute atomic E-state index is 0.160. The maximum absolute atomic E-state index is 11.6. The molecule has 2 heteroatoms. The van der Waals surface area contributed by atoms with Crippen LogP contribution < -0.4 is 0 Å². The van der Waals surface area contributed by atoms with E-state index in [-0.39, 0.29) is 5.78 Å². The second kappa shape index (κ2) is 5.00. The Balaban J connectivity index is 2.01. The van der Waals surface area contributed by atoms with E-state index in [1.165, 1.54) is 0 Å². The van der Waals surface area contributed by atoms with Crippen molar-refractivity contribution >= 4 is 5.78 Å². The first kappa shape index (κ1) is 11.6. The lowest BCUT2D eigenvalue weighted by Gasteiger charge is -2.09. The van der Waals surface area contributed by atoms with E-state index < -0.39 is 0 Å². The molecule has 0 bridgehead atoms. The van der Waals surface area contributed by atoms with E-state index in [0.29, 0.717) is 0 Å². The van der Waals surface area contributed by atoms with Crippen LogP contribution in [0.4, 0.5) is 0 Å². The summed E-state index contributed by atoms with van der Waals surface area (Å²) < 4.78 is 2.15. The second-order valence-corrected chi connectivity index (χ2v) is 4.40. The number of carbonyl (C=O) groups excluding carboxylic acids is 1. The van der Waals surface area contributed by atoms with Gasteiger partial charge in [0.1, 0.15) is 0 Å². The van der Waals surface area contributed by atoms with Gasteiger partial charge >= 0.3 is 0 Å². The van der Waals surface area contributed by atoms with Crippen LogP contribution in [0.2, 0.25) is 0 Å². The first-order valence-electron chi connectivity index (χ1n) is 5.89. The van der Waals surface area contributed by atoms with Crippen molar-refractivity contribution in [3.8, 4) is 0 Å². The lowest BCUT2D eigenvalue weighted by molar-refractivity contribution is -0.112. The molecular weight excluding hydrogens is 210 g/mol. The van der Waals surface area contributed by atoms with Gasteiger partial charge in [-0.1, -0.05) is 6.08 Å². The van der Waals surface area contributed by atoms with Crippen LogP contribution in [0, 0.1) is 0 Å². The fourth-order valence-corrected chi connectivity index (χ4v) is 2.00. The van der Waals surface area contributed by atoms with Gasteiger partial charge in [0.05, 0.1) is 0 Å². The predicted molar refractivity (Wildman–Crippen MR) is 69.7 cm³/mol. The van der Waals surface area contributed by atoms with Crippen LogP contribution in [-0.4, -0.2) is 10.4 Å². The molecule has 1 aromatic heterocycles. The van der Waals surface area contributed by atoms with Crippen molar-refractivity contribution in [3.63, 3.8) is 0 Å². The van der Waals surface area contributed by atoms with Gasteiger partial charge in [-0.25, -0.2) is 0 Å². The van der Waals surface area contributed by atoms with Crippen LogP contribution in [-0.2, 0) is 11.3 Å². The Morgan fingerprint density at radius 3 is 2.29 bits per heavy atom. The van der Waals surface area contributed by atoms with E-state index in [0.717, 1.165) is 29.7 Å². The summed E-state index contributed by atoms with van der Waals surface area (Å²) in [6, 6.07) is 4.06. The molecule has 0 aromatic carbocycles. The molecule has 2 rings (SSSR count). The maximum atomic E-state index is 11.6. The second-order valence-electron chi connectivity index (χ2n) is 4.40. The summed E-state index contributed by atoms with van der Waals surface area (Å²) >= 11 is 0. The van der Waals surface area contributed by atoms with Gasteiger partial charge in [0.2, 0.25) is 0 Å². The van der Waals surface area contributed by atoms with Crippen molar-refractivity contribution in [3.05, 3.63) is 59.5 Å². The molecule has 88 valence electrons. The molecule has 0 radical (unpaired) electrons. The van der Waals surface area contributed by atoms with Gasteiger partial charge in [0.15, 0.2) is 5.78 Å². The van der Waals surface area contributed by atoms with Crippen LogP contribution in [0.15, 0.2) is 59.5 Å². The molecule has 0 amide bonds. The molecule has 2 nitrogen and oxygen atoms in total. The number of ketones is 1. The van der Waals surface area contributed by atoms with Crippen LogP contribution in [0.3, 0.4) is 0 Å². The summed E-state index contributed by atoms with van der Waals surface area (Å²) in [6.45, 7) is 4.72. The van der Waals surface area contributed by atoms with E-state index in [4.69, 9.17) is 0 Å². The zero-order chi connectivity index (χ0) is 12.3. The number of carbonyl (C=O) groups is 1. The first-order chi connectivity index (χ1) is 8.16. The molecule has 0 aliphatic heterocycles. The quantitative estimate of drug-likeness (QED) is 0.776. The molecule has 0 spiro atoms. The number of hydrogen-bond donors (Lipinski definition) is 0. The Labute approximate surface area is 102 Å². The molecule has 1 aliphatic carbocycles. The van der Waals surface area contributed by atoms with Crippen molar-refractivity contribution in [1.82, 2.24) is 4.57 Å². The van der Waals surface area contributed by atoms with Crippen molar-refractivity contribution in [2.75, 3.05) is 0 Å². The van der Waals surface area contributed by atoms with Gasteiger partial charge in [0, 0.05) is 18.9 Å². The average Bonchev–Trinajstić information content (AvgIpc) is 2.79. The lowest BCUT2D eigenvalue weighted by atomic mass is 9.95. The molecule has 0 fully saturated rings. The fraction of sp³-hybridized carbons (Fsp3) is 0.267. The molecule has 1 heterocycles. The first-order valence-corrected chi connectivity index (χ1v) is 5.89. The van der Waals surface area contributed by atoms with Crippen LogP contribution in [0.5, 0.6) is 0 Å². The highest BCUT2D eigenvalue weighted by atomic mass is 16.1. The standard InChI is InChI=1S/C15H17NO/c1-12-10-14(11-13(2)15(12)17)6-5-9-16-7-3-4-8-16/h3-4,6-8,10-11H,5,9H2,1-2H3. The SMILES string of the molecule is CC1=CC(=CCCn2cccc2)C=C(C)C1=O. The zero-order valence-corrected chi connectivity index (χ0v) is 10.3. The number of rotatable bonds is 3. The highest BCUT2D eigenvalue weighted by Crippen LogP contribution is 2.18. The Morgan fingerprint density at radius 2 is 1.71 bits per heavy atom. The predicted octanol–water partition coefficient (Wildman–Crippen LogP) is 3.28. The molecular formula is C15H17NO. The maximum Gasteiger partial charge on any atom is 0.184 e. The number of aromatic nitrogens is 1. The fourth-order valence-electron chi connectivity index (χ4n) is 2.00. The van der Waals surface area contributed by atoms with E-state index in [1.807, 2.05) is 38.1 Å². The van der Waals surface area contributed by atoms with Gasteiger partial charge in [0.25, 0.3) is 0 Å². The van der Waals surface area contributed by atoms with Crippen molar-refractivity contribution in [2.24, 2.45) is 0 Å². The van der Waals surface area contributed by atoms with Gasteiger partial charge in [-0.15, -0.1) is 0 Å². The molecule has 0 saturated heterocycles. The van der Waals surface area contributed by atoms with Gasteiger partial charge in [-0.05, 0) is 61.3 Å². The molecule has 0 N–H and O–H groups in total. The number of hydrogen-bond acceptors (Lipinski definition) is 1. The summed E-state index contributed by atoms with van der Waals surface area (Å²) in [5, 5.41) is 0. The van der Waals surface area contributed by atoms with E-state index in [9.17, 15) is 4.79 Å². The van der Waals surface area contributed by atoms with Gasteiger partial charge in [-0.3, -0.25) is 4.79 Å². The van der Waals surface area contributed by atoms with Crippen LogP contribution >= 0.6 is 0 Å². The van der Waals surface area contributed by atoms with E-state index >= 15 is 0 Å². The Bertz CT molecular complexity index is 477. The Kier molecular flexibility index (Phi) is 3.43. The van der Waals surface area contributed by atoms with Crippen molar-refractivity contribution < 1.29 is 4.79 Å². The minimum atomic E-state index is 0.160. The summed E-state index contributed by atoms with van der Waals surface area (Å²) in [4.78, 5) is 11.6. The minimum Gasteiger partial charge on any atom is -0.354 e. The third-order valence-corrected chi connectivity index (χ3v) is 2.92. The lowest BCUT2D eigenvalue weighted by Crippen LogP contribution is -2.06. The van der Waals surface area contributed by atoms with Crippen molar-refractivity contribution in [2.45, 2.75) is 26.8 Å². The number of Topliss-reactive ketones (excluding diaryl/α,β-unsaturated/α-hetero) is 1. The molecule has 0 unspecified atom stereocenters. The highest BCUT2D eigenvalue weighted by Gasteiger charge is 2.11. The largest absolute Gasteiger partial charge is 0.354 e. The number of allylic oxidation sites excluding steroid dienone is 6. The smallest absolute Gasteiger partial charge is 0.184 e. The number of nitrogens with zero attached hydrogens (tertiary/aromatic N) is 1. The molecule has 0 atom stereocenters. The van der Waals surface area contributed by atoms with Gasteiger partial charge in [-0.2, -0.15) is 0 Å². The third kappa shape index (κ3) is 2.84.